The van der Waals surface area contributed by atoms with E-state index in [1.165, 1.54) is 11.8 Å². The fraction of sp³-hybridized carbons (Fsp3) is 0.727. The monoisotopic (exact) mass is 289 g/mol. The van der Waals surface area contributed by atoms with Crippen LogP contribution in [-0.2, 0) is 9.59 Å². The third-order valence-electron chi connectivity index (χ3n) is 2.57. The van der Waals surface area contributed by atoms with E-state index < -0.39 is 18.0 Å². The van der Waals surface area contributed by atoms with E-state index in [9.17, 15) is 14.4 Å². The van der Waals surface area contributed by atoms with E-state index in [4.69, 9.17) is 5.11 Å². The zero-order valence-electron chi connectivity index (χ0n) is 10.8. The van der Waals surface area contributed by atoms with Gasteiger partial charge in [-0.15, -0.1) is 0 Å². The van der Waals surface area contributed by atoms with E-state index in [2.05, 4.69) is 16.0 Å². The van der Waals surface area contributed by atoms with Gasteiger partial charge in [-0.05, 0) is 31.3 Å². The smallest absolute Gasteiger partial charge is 0.326 e. The van der Waals surface area contributed by atoms with Gasteiger partial charge in [0.25, 0.3) is 0 Å². The molecule has 3 amide bonds. The number of aliphatic carboxylic acids is 1. The molecular formula is C11H19N3O4S. The van der Waals surface area contributed by atoms with Gasteiger partial charge in [-0.1, -0.05) is 0 Å². The summed E-state index contributed by atoms with van der Waals surface area (Å²) in [6, 6.07) is -1.33. The largest absolute Gasteiger partial charge is 0.480 e. The predicted molar refractivity (Wildman–Crippen MR) is 72.1 cm³/mol. The second-order valence-electron chi connectivity index (χ2n) is 4.34. The van der Waals surface area contributed by atoms with Crippen molar-refractivity contribution in [3.63, 3.8) is 0 Å². The molecule has 1 saturated carbocycles. The van der Waals surface area contributed by atoms with E-state index in [1.54, 1.807) is 0 Å². The molecule has 0 aromatic carbocycles. The van der Waals surface area contributed by atoms with E-state index in [1.807, 2.05) is 6.26 Å². The van der Waals surface area contributed by atoms with E-state index >= 15 is 0 Å². The summed E-state index contributed by atoms with van der Waals surface area (Å²) in [6.45, 7) is -0.142. The summed E-state index contributed by atoms with van der Waals surface area (Å²) < 4.78 is 0. The number of carbonyl (C=O) groups is 3. The van der Waals surface area contributed by atoms with Crippen LogP contribution in [0, 0.1) is 0 Å². The van der Waals surface area contributed by atoms with Crippen molar-refractivity contribution in [3.8, 4) is 0 Å². The van der Waals surface area contributed by atoms with E-state index in [0.29, 0.717) is 12.2 Å². The molecule has 0 aromatic heterocycles. The maximum atomic E-state index is 11.5. The summed E-state index contributed by atoms with van der Waals surface area (Å²) in [5.41, 5.74) is 0. The molecular weight excluding hydrogens is 270 g/mol. The Morgan fingerprint density at radius 3 is 2.58 bits per heavy atom. The summed E-state index contributed by atoms with van der Waals surface area (Å²) in [5.74, 6) is -0.695. The van der Waals surface area contributed by atoms with Crippen LogP contribution in [-0.4, -0.2) is 53.7 Å². The van der Waals surface area contributed by atoms with Crippen LogP contribution in [0.3, 0.4) is 0 Å². The Morgan fingerprint density at radius 1 is 1.37 bits per heavy atom. The summed E-state index contributed by atoms with van der Waals surface area (Å²) in [4.78, 5) is 33.7. The number of nitrogens with one attached hydrogen (secondary N) is 3. The van der Waals surface area contributed by atoms with Crippen molar-refractivity contribution >= 4 is 29.7 Å². The average molecular weight is 289 g/mol. The van der Waals surface area contributed by atoms with Gasteiger partial charge < -0.3 is 21.1 Å². The van der Waals surface area contributed by atoms with Crippen molar-refractivity contribution in [1.82, 2.24) is 16.0 Å². The minimum Gasteiger partial charge on any atom is -0.480 e. The number of amides is 3. The molecule has 0 heterocycles. The molecule has 0 radical (unpaired) electrons. The Hall–Kier alpha value is -1.44. The standard InChI is InChI=1S/C11H19N3O4S/c1-19-5-4-8(10(16)17)14-11(18)12-6-9(15)13-7-2-3-7/h7-8H,2-6H2,1H3,(H,13,15)(H,16,17)(H2,12,14,18)/t8-/m1/s1. The summed E-state index contributed by atoms with van der Waals surface area (Å²) in [5, 5.41) is 16.3. The first-order valence-electron chi connectivity index (χ1n) is 6.08. The first-order valence-corrected chi connectivity index (χ1v) is 7.47. The molecule has 0 aliphatic heterocycles. The highest BCUT2D eigenvalue weighted by Gasteiger charge is 2.23. The lowest BCUT2D eigenvalue weighted by Gasteiger charge is -2.14. The van der Waals surface area contributed by atoms with Gasteiger partial charge in [0.1, 0.15) is 6.04 Å². The van der Waals surface area contributed by atoms with Gasteiger partial charge in [0.05, 0.1) is 6.54 Å². The van der Waals surface area contributed by atoms with E-state index in [0.717, 1.165) is 12.8 Å². The van der Waals surface area contributed by atoms with Crippen LogP contribution in [0.5, 0.6) is 0 Å². The van der Waals surface area contributed by atoms with Crippen LogP contribution in [0.4, 0.5) is 4.79 Å². The van der Waals surface area contributed by atoms with Crippen molar-refractivity contribution in [3.05, 3.63) is 0 Å². The zero-order chi connectivity index (χ0) is 14.3. The molecule has 0 saturated heterocycles. The van der Waals surface area contributed by atoms with Crippen molar-refractivity contribution in [2.45, 2.75) is 31.3 Å². The lowest BCUT2D eigenvalue weighted by atomic mass is 10.2. The Morgan fingerprint density at radius 2 is 2.05 bits per heavy atom. The van der Waals surface area contributed by atoms with Gasteiger partial charge in [-0.2, -0.15) is 11.8 Å². The molecule has 108 valence electrons. The normalized spacial score (nSPS) is 15.4. The number of rotatable bonds is 8. The molecule has 4 N–H and O–H groups in total. The zero-order valence-corrected chi connectivity index (χ0v) is 11.6. The molecule has 0 aromatic rings. The van der Waals surface area contributed by atoms with Crippen molar-refractivity contribution in [1.29, 1.82) is 0 Å². The molecule has 1 atom stereocenters. The topological polar surface area (TPSA) is 108 Å². The number of carbonyl (C=O) groups excluding carboxylic acids is 2. The second-order valence-corrected chi connectivity index (χ2v) is 5.33. The molecule has 19 heavy (non-hydrogen) atoms. The summed E-state index contributed by atoms with van der Waals surface area (Å²) in [7, 11) is 0. The van der Waals surface area contributed by atoms with Gasteiger partial charge in [-0.3, -0.25) is 4.79 Å². The number of thioether (sulfide) groups is 1. The van der Waals surface area contributed by atoms with Gasteiger partial charge in [-0.25, -0.2) is 9.59 Å². The van der Waals surface area contributed by atoms with Crippen molar-refractivity contribution < 1.29 is 19.5 Å². The number of carboxylic acid groups (broad SMARTS) is 1. The lowest BCUT2D eigenvalue weighted by molar-refractivity contribution is -0.139. The molecule has 8 heteroatoms. The fourth-order valence-corrected chi connectivity index (χ4v) is 1.84. The van der Waals surface area contributed by atoms with Crippen LogP contribution in [0.25, 0.3) is 0 Å². The number of carboxylic acids is 1. The minimum absolute atomic E-state index is 0.142. The average Bonchev–Trinajstić information content (AvgIpc) is 3.15. The maximum absolute atomic E-state index is 11.5. The van der Waals surface area contributed by atoms with Crippen molar-refractivity contribution in [2.75, 3.05) is 18.6 Å². The first kappa shape index (κ1) is 15.6. The third-order valence-corrected chi connectivity index (χ3v) is 3.21. The Balaban J connectivity index is 2.22. The van der Waals surface area contributed by atoms with Crippen LogP contribution in [0.2, 0.25) is 0 Å². The number of hydrogen-bond acceptors (Lipinski definition) is 4. The van der Waals surface area contributed by atoms with Crippen molar-refractivity contribution in [2.24, 2.45) is 0 Å². The summed E-state index contributed by atoms with van der Waals surface area (Å²) >= 11 is 1.51. The first-order chi connectivity index (χ1) is 9.02. The lowest BCUT2D eigenvalue weighted by Crippen LogP contribution is -2.48. The van der Waals surface area contributed by atoms with Gasteiger partial charge in [0.15, 0.2) is 0 Å². The van der Waals surface area contributed by atoms with Crippen LogP contribution < -0.4 is 16.0 Å². The summed E-state index contributed by atoms with van der Waals surface area (Å²) in [6.07, 6.45) is 4.17. The highest BCUT2D eigenvalue weighted by Crippen LogP contribution is 2.18. The fourth-order valence-electron chi connectivity index (χ4n) is 1.37. The highest BCUT2D eigenvalue weighted by molar-refractivity contribution is 7.98. The molecule has 0 unspecified atom stereocenters. The number of urea groups is 1. The van der Waals surface area contributed by atoms with Crippen LogP contribution >= 0.6 is 11.8 Å². The molecule has 1 aliphatic rings. The Labute approximate surface area is 115 Å². The third kappa shape index (κ3) is 6.90. The molecule has 1 fully saturated rings. The Bertz CT molecular complexity index is 347. The number of hydrogen-bond donors (Lipinski definition) is 4. The molecule has 1 rings (SSSR count). The Kier molecular flexibility index (Phi) is 6.48. The second kappa shape index (κ2) is 7.88. The highest BCUT2D eigenvalue weighted by atomic mass is 32.2. The predicted octanol–water partition coefficient (Wildman–Crippen LogP) is -0.229. The quantitative estimate of drug-likeness (QED) is 0.494. The van der Waals surface area contributed by atoms with Crippen LogP contribution in [0.15, 0.2) is 0 Å². The molecule has 1 aliphatic carbocycles. The maximum Gasteiger partial charge on any atom is 0.326 e. The molecule has 0 spiro atoms. The van der Waals surface area contributed by atoms with Crippen LogP contribution in [0.1, 0.15) is 19.3 Å². The minimum atomic E-state index is -1.08. The van der Waals surface area contributed by atoms with Gasteiger partial charge >= 0.3 is 12.0 Å². The van der Waals surface area contributed by atoms with E-state index in [-0.39, 0.29) is 18.5 Å². The molecule has 0 bridgehead atoms. The van der Waals surface area contributed by atoms with Gasteiger partial charge in [0.2, 0.25) is 5.91 Å². The van der Waals surface area contributed by atoms with Gasteiger partial charge in [0, 0.05) is 6.04 Å². The molecule has 7 nitrogen and oxygen atoms in total. The SMILES string of the molecule is CSCC[C@@H](NC(=O)NCC(=O)NC1CC1)C(=O)O.